The Bertz CT molecular complexity index is 1050. The largest absolute Gasteiger partial charge is 0.489 e. The van der Waals surface area contributed by atoms with Crippen LogP contribution in [0.15, 0.2) is 77.9 Å². The predicted octanol–water partition coefficient (Wildman–Crippen LogP) is 4.21. The van der Waals surface area contributed by atoms with Gasteiger partial charge >= 0.3 is 0 Å². The number of para-hydroxylation sites is 2. The number of nitrogens with zero attached hydrogens (tertiary/aromatic N) is 1. The lowest BCUT2D eigenvalue weighted by atomic mass is 10.2. The van der Waals surface area contributed by atoms with Crippen molar-refractivity contribution in [1.29, 1.82) is 0 Å². The van der Waals surface area contributed by atoms with Crippen LogP contribution in [0.4, 0.5) is 0 Å². The summed E-state index contributed by atoms with van der Waals surface area (Å²) in [6.45, 7) is 0.563. The van der Waals surface area contributed by atoms with Crippen molar-refractivity contribution in [2.24, 2.45) is 5.10 Å². The fourth-order valence-electron chi connectivity index (χ4n) is 2.83. The minimum atomic E-state index is -0.751. The first kappa shape index (κ1) is 19.8. The van der Waals surface area contributed by atoms with Crippen LogP contribution >= 0.6 is 11.6 Å². The first-order chi connectivity index (χ1) is 14.7. The molecule has 1 aliphatic rings. The van der Waals surface area contributed by atoms with Crippen LogP contribution in [0, 0.1) is 0 Å². The van der Waals surface area contributed by atoms with Crippen molar-refractivity contribution in [3.05, 3.63) is 88.9 Å². The second-order valence-electron chi connectivity index (χ2n) is 6.59. The Morgan fingerprint density at radius 3 is 2.70 bits per heavy atom. The van der Waals surface area contributed by atoms with Gasteiger partial charge in [0.15, 0.2) is 11.5 Å². The van der Waals surface area contributed by atoms with E-state index < -0.39 is 6.10 Å². The van der Waals surface area contributed by atoms with Gasteiger partial charge in [0.1, 0.15) is 19.0 Å². The number of hydrazone groups is 1. The van der Waals surface area contributed by atoms with Gasteiger partial charge in [-0.25, -0.2) is 5.43 Å². The first-order valence-electron chi connectivity index (χ1n) is 9.36. The molecule has 0 saturated heterocycles. The molecular weight excluding hydrogens is 404 g/mol. The number of hydrogen-bond donors (Lipinski definition) is 1. The zero-order chi connectivity index (χ0) is 20.8. The number of ether oxygens (including phenoxy) is 3. The average Bonchev–Trinajstić information content (AvgIpc) is 2.78. The fourth-order valence-corrected chi connectivity index (χ4v) is 3.05. The van der Waals surface area contributed by atoms with Gasteiger partial charge in [0, 0.05) is 5.02 Å². The molecule has 1 aliphatic heterocycles. The van der Waals surface area contributed by atoms with Crippen LogP contribution in [-0.4, -0.2) is 24.8 Å². The second-order valence-corrected chi connectivity index (χ2v) is 7.02. The Kier molecular flexibility index (Phi) is 6.15. The van der Waals surface area contributed by atoms with E-state index in [4.69, 9.17) is 25.8 Å². The molecule has 0 unspecified atom stereocenters. The molecule has 0 bridgehead atoms. The molecule has 1 heterocycles. The molecule has 30 heavy (non-hydrogen) atoms. The predicted molar refractivity (Wildman–Crippen MR) is 114 cm³/mol. The van der Waals surface area contributed by atoms with Crippen LogP contribution in [0.25, 0.3) is 0 Å². The van der Waals surface area contributed by atoms with Gasteiger partial charge in [0.05, 0.1) is 6.21 Å². The van der Waals surface area contributed by atoms with Gasteiger partial charge in [-0.05, 0) is 59.7 Å². The maximum Gasteiger partial charge on any atom is 0.284 e. The van der Waals surface area contributed by atoms with Gasteiger partial charge in [-0.2, -0.15) is 5.10 Å². The first-order valence-corrected chi connectivity index (χ1v) is 9.74. The van der Waals surface area contributed by atoms with E-state index in [9.17, 15) is 4.79 Å². The minimum absolute atomic E-state index is 0.136. The Hall–Kier alpha value is -3.51. The lowest BCUT2D eigenvalue weighted by Gasteiger charge is -2.24. The molecule has 3 aromatic carbocycles. The molecule has 0 aliphatic carbocycles. The molecule has 1 amide bonds. The van der Waals surface area contributed by atoms with E-state index >= 15 is 0 Å². The van der Waals surface area contributed by atoms with E-state index in [1.807, 2.05) is 60.7 Å². The number of carbonyl (C=O) groups is 1. The standard InChI is InChI=1S/C23H19ClN2O4/c24-18-5-3-4-17(12-18)14-28-19-10-8-16(9-11-19)13-25-26-23(27)22-15-29-20-6-1-2-7-21(20)30-22/h1-13,22H,14-15H2,(H,26,27)/b25-13-/t22-/m1/s1. The van der Waals surface area contributed by atoms with Crippen LogP contribution in [-0.2, 0) is 11.4 Å². The number of amides is 1. The van der Waals surface area contributed by atoms with Crippen molar-refractivity contribution in [2.45, 2.75) is 12.7 Å². The molecule has 0 saturated carbocycles. The number of hydrogen-bond acceptors (Lipinski definition) is 5. The number of halogens is 1. The second kappa shape index (κ2) is 9.33. The van der Waals surface area contributed by atoms with E-state index in [0.717, 1.165) is 16.9 Å². The van der Waals surface area contributed by atoms with Crippen LogP contribution in [0.2, 0.25) is 5.02 Å². The number of carbonyl (C=O) groups excluding carboxylic acids is 1. The molecule has 1 N–H and O–H groups in total. The summed E-state index contributed by atoms with van der Waals surface area (Å²) in [5.41, 5.74) is 4.29. The van der Waals surface area contributed by atoms with E-state index in [1.54, 1.807) is 18.3 Å². The number of fused-ring (bicyclic) bond motifs is 1. The minimum Gasteiger partial charge on any atom is -0.489 e. The van der Waals surface area contributed by atoms with E-state index in [0.29, 0.717) is 23.1 Å². The van der Waals surface area contributed by atoms with Crippen LogP contribution in [0.1, 0.15) is 11.1 Å². The Morgan fingerprint density at radius 1 is 1.10 bits per heavy atom. The number of nitrogens with one attached hydrogen (secondary N) is 1. The smallest absolute Gasteiger partial charge is 0.284 e. The van der Waals surface area contributed by atoms with Crippen LogP contribution in [0.3, 0.4) is 0 Å². The van der Waals surface area contributed by atoms with E-state index in [-0.39, 0.29) is 12.5 Å². The third-order valence-corrected chi connectivity index (χ3v) is 4.60. The average molecular weight is 423 g/mol. The zero-order valence-corrected chi connectivity index (χ0v) is 16.7. The van der Waals surface area contributed by atoms with Gasteiger partial charge in [0.2, 0.25) is 6.10 Å². The molecule has 6 nitrogen and oxygen atoms in total. The number of rotatable bonds is 6. The molecule has 0 aromatic heterocycles. The van der Waals surface area contributed by atoms with Gasteiger partial charge in [-0.1, -0.05) is 35.9 Å². The van der Waals surface area contributed by atoms with Crippen LogP contribution < -0.4 is 19.6 Å². The molecule has 0 radical (unpaired) electrons. The lowest BCUT2D eigenvalue weighted by Crippen LogP contribution is -2.42. The summed E-state index contributed by atoms with van der Waals surface area (Å²) in [6, 6.07) is 22.1. The summed E-state index contributed by atoms with van der Waals surface area (Å²) in [5, 5.41) is 4.67. The van der Waals surface area contributed by atoms with Crippen LogP contribution in [0.5, 0.6) is 17.2 Å². The van der Waals surface area contributed by atoms with Crippen molar-refractivity contribution in [3.63, 3.8) is 0 Å². The van der Waals surface area contributed by atoms with Crippen molar-refractivity contribution < 1.29 is 19.0 Å². The molecule has 7 heteroatoms. The summed E-state index contributed by atoms with van der Waals surface area (Å²) >= 11 is 5.98. The molecule has 0 fully saturated rings. The summed E-state index contributed by atoms with van der Waals surface area (Å²) in [4.78, 5) is 12.2. The monoisotopic (exact) mass is 422 g/mol. The molecule has 3 aromatic rings. The highest BCUT2D eigenvalue weighted by Gasteiger charge is 2.26. The quantitative estimate of drug-likeness (QED) is 0.477. The zero-order valence-electron chi connectivity index (χ0n) is 16.0. The highest BCUT2D eigenvalue weighted by Crippen LogP contribution is 2.30. The van der Waals surface area contributed by atoms with Gasteiger partial charge in [0.25, 0.3) is 5.91 Å². The molecule has 4 rings (SSSR count). The summed E-state index contributed by atoms with van der Waals surface area (Å²) in [6.07, 6.45) is 0.801. The molecule has 152 valence electrons. The SMILES string of the molecule is O=C(N/N=C\c1ccc(OCc2cccc(Cl)c2)cc1)[C@H]1COc2ccccc2O1. The highest BCUT2D eigenvalue weighted by atomic mass is 35.5. The van der Waals surface area contributed by atoms with E-state index in [2.05, 4.69) is 10.5 Å². The third kappa shape index (κ3) is 5.10. The Morgan fingerprint density at radius 2 is 1.90 bits per heavy atom. The molecule has 1 atom stereocenters. The Labute approximate surface area is 179 Å². The Balaban J connectivity index is 1.26. The normalized spacial score (nSPS) is 15.0. The van der Waals surface area contributed by atoms with Crippen molar-refractivity contribution in [3.8, 4) is 17.2 Å². The van der Waals surface area contributed by atoms with Crippen molar-refractivity contribution >= 4 is 23.7 Å². The highest BCUT2D eigenvalue weighted by molar-refractivity contribution is 6.30. The fraction of sp³-hybridized carbons (Fsp3) is 0.130. The maximum absolute atomic E-state index is 12.2. The molecular formula is C23H19ClN2O4. The molecule has 0 spiro atoms. The number of benzene rings is 3. The van der Waals surface area contributed by atoms with Gasteiger partial charge in [-0.3, -0.25) is 4.79 Å². The topological polar surface area (TPSA) is 69.2 Å². The summed E-state index contributed by atoms with van der Waals surface area (Å²) < 4.78 is 16.9. The van der Waals surface area contributed by atoms with Gasteiger partial charge < -0.3 is 14.2 Å². The van der Waals surface area contributed by atoms with Crippen molar-refractivity contribution in [1.82, 2.24) is 5.43 Å². The van der Waals surface area contributed by atoms with E-state index in [1.165, 1.54) is 0 Å². The summed E-state index contributed by atoms with van der Waals surface area (Å²) in [5.74, 6) is 1.52. The van der Waals surface area contributed by atoms with Crippen molar-refractivity contribution in [2.75, 3.05) is 6.61 Å². The maximum atomic E-state index is 12.2. The lowest BCUT2D eigenvalue weighted by molar-refractivity contribution is -0.130. The third-order valence-electron chi connectivity index (χ3n) is 4.36. The summed E-state index contributed by atoms with van der Waals surface area (Å²) in [7, 11) is 0. The van der Waals surface area contributed by atoms with Gasteiger partial charge in [-0.15, -0.1) is 0 Å².